The molecule has 96 valence electrons. The van der Waals surface area contributed by atoms with Gasteiger partial charge in [0, 0.05) is 11.5 Å². The first-order valence-electron chi connectivity index (χ1n) is 6.23. The zero-order valence-corrected chi connectivity index (χ0v) is 10.5. The van der Waals surface area contributed by atoms with Crippen molar-refractivity contribution < 1.29 is 15.0 Å². The summed E-state index contributed by atoms with van der Waals surface area (Å²) in [5, 5.41) is 17.9. The largest absolute Gasteiger partial charge is 0.362 e. The molecule has 0 saturated carbocycles. The van der Waals surface area contributed by atoms with Crippen LogP contribution < -0.4 is 0 Å². The molecule has 3 nitrogen and oxygen atoms in total. The highest BCUT2D eigenvalue weighted by atomic mass is 16.5. The Balaban J connectivity index is 2.13. The summed E-state index contributed by atoms with van der Waals surface area (Å²) in [6.07, 6.45) is -1.95. The molecule has 0 spiro atoms. The van der Waals surface area contributed by atoms with Crippen molar-refractivity contribution in [3.8, 4) is 11.1 Å². The van der Waals surface area contributed by atoms with Crippen molar-refractivity contribution in [2.45, 2.75) is 19.1 Å². The summed E-state index contributed by atoms with van der Waals surface area (Å²) in [4.78, 5) is 11.6. The molecule has 0 amide bonds. The molecule has 19 heavy (non-hydrogen) atoms. The van der Waals surface area contributed by atoms with Crippen LogP contribution in [-0.4, -0.2) is 22.3 Å². The van der Waals surface area contributed by atoms with Gasteiger partial charge in [0.2, 0.25) is 12.1 Å². The molecule has 0 saturated heterocycles. The van der Waals surface area contributed by atoms with Crippen LogP contribution in [0.15, 0.2) is 42.5 Å². The first kappa shape index (κ1) is 12.1. The van der Waals surface area contributed by atoms with E-state index in [1.165, 1.54) is 11.1 Å². The number of aliphatic hydroxyl groups excluding tert-OH is 1. The quantitative estimate of drug-likeness (QED) is 0.638. The number of Topliss-reactive ketones (excluding diaryl/α,β-unsaturated/α-hetero) is 1. The lowest BCUT2D eigenvalue weighted by atomic mass is 9.96. The number of carbonyl (C=O) groups excluding carboxylic acids is 1. The van der Waals surface area contributed by atoms with E-state index in [9.17, 15) is 4.79 Å². The van der Waals surface area contributed by atoms with E-state index in [1.54, 1.807) is 12.1 Å². The summed E-state index contributed by atoms with van der Waals surface area (Å²) in [5.41, 5.74) is 4.95. The number of hydrogen-bond acceptors (Lipinski definition) is 3. The van der Waals surface area contributed by atoms with Gasteiger partial charge in [-0.1, -0.05) is 43.3 Å². The van der Waals surface area contributed by atoms with Gasteiger partial charge in [-0.3, -0.25) is 4.79 Å². The molecule has 1 aliphatic rings. The van der Waals surface area contributed by atoms with Gasteiger partial charge in [-0.05, 0) is 28.3 Å². The van der Waals surface area contributed by atoms with E-state index in [1.807, 2.05) is 18.2 Å². The van der Waals surface area contributed by atoms with E-state index in [0.717, 1.165) is 11.1 Å². The van der Waals surface area contributed by atoms with Crippen molar-refractivity contribution in [1.82, 2.24) is 0 Å². The summed E-state index contributed by atoms with van der Waals surface area (Å²) in [7, 11) is 0. The first-order chi connectivity index (χ1) is 9.09. The smallest absolute Gasteiger partial charge is 0.218 e. The van der Waals surface area contributed by atoms with Crippen molar-refractivity contribution in [1.29, 1.82) is 0 Å². The molecule has 1 atom stereocenters. The van der Waals surface area contributed by atoms with Gasteiger partial charge in [0.25, 0.3) is 0 Å². The molecule has 1 unspecified atom stereocenters. The van der Waals surface area contributed by atoms with Crippen molar-refractivity contribution in [2.24, 2.45) is 0 Å². The second-order valence-corrected chi connectivity index (χ2v) is 4.85. The summed E-state index contributed by atoms with van der Waals surface area (Å²) in [6.45, 7) is 2.09. The van der Waals surface area contributed by atoms with Crippen molar-refractivity contribution in [3.05, 3.63) is 59.2 Å². The molecule has 0 aliphatic heterocycles. The number of benzene rings is 2. The van der Waals surface area contributed by atoms with Gasteiger partial charge in [-0.2, -0.15) is 0 Å². The van der Waals surface area contributed by atoms with Crippen LogP contribution in [0.3, 0.4) is 0 Å². The standard InChI is InChI=1S/C16H14O3/c1-9-11-4-2-3-5-12(11)13-7-6-10(8-14(9)13)15(17)16(18)19/h2-9,16,18-19H,1H3. The lowest BCUT2D eigenvalue weighted by molar-refractivity contribution is -0.0195. The molecule has 0 heterocycles. The number of aliphatic hydroxyl groups is 2. The van der Waals surface area contributed by atoms with E-state index in [-0.39, 0.29) is 5.92 Å². The van der Waals surface area contributed by atoms with Gasteiger partial charge >= 0.3 is 0 Å². The molecule has 3 heteroatoms. The van der Waals surface area contributed by atoms with Gasteiger partial charge in [0.15, 0.2) is 0 Å². The minimum Gasteiger partial charge on any atom is -0.362 e. The van der Waals surface area contributed by atoms with Crippen LogP contribution in [0.1, 0.15) is 34.3 Å². The maximum absolute atomic E-state index is 11.6. The zero-order valence-electron chi connectivity index (χ0n) is 10.5. The molecule has 3 rings (SSSR count). The number of hydrogen-bond donors (Lipinski definition) is 2. The third-order valence-electron chi connectivity index (χ3n) is 3.75. The SMILES string of the molecule is CC1c2ccccc2-c2ccc(C(=O)C(O)O)cc21. The van der Waals surface area contributed by atoms with Crippen LogP contribution in [0.25, 0.3) is 11.1 Å². The van der Waals surface area contributed by atoms with E-state index >= 15 is 0 Å². The Bertz CT molecular complexity index is 659. The van der Waals surface area contributed by atoms with Crippen LogP contribution in [0, 0.1) is 0 Å². The lowest BCUT2D eigenvalue weighted by Gasteiger charge is -2.08. The maximum atomic E-state index is 11.6. The summed E-state index contributed by atoms with van der Waals surface area (Å²) in [5.74, 6) is -0.444. The van der Waals surface area contributed by atoms with Crippen LogP contribution in [0.5, 0.6) is 0 Å². The Morgan fingerprint density at radius 3 is 2.47 bits per heavy atom. The maximum Gasteiger partial charge on any atom is 0.218 e. The molecule has 1 aliphatic carbocycles. The Morgan fingerprint density at radius 1 is 1.05 bits per heavy atom. The highest BCUT2D eigenvalue weighted by Gasteiger charge is 2.26. The molecule has 0 fully saturated rings. The van der Waals surface area contributed by atoms with E-state index < -0.39 is 12.1 Å². The van der Waals surface area contributed by atoms with Crippen LogP contribution in [-0.2, 0) is 0 Å². The van der Waals surface area contributed by atoms with Gasteiger partial charge < -0.3 is 10.2 Å². The van der Waals surface area contributed by atoms with Gasteiger partial charge in [-0.25, -0.2) is 0 Å². The molecule has 2 aromatic rings. The van der Waals surface area contributed by atoms with E-state index in [0.29, 0.717) is 5.56 Å². The average Bonchev–Trinajstić information content (AvgIpc) is 2.72. The summed E-state index contributed by atoms with van der Waals surface area (Å²) >= 11 is 0. The molecule has 0 aromatic heterocycles. The van der Waals surface area contributed by atoms with Crippen LogP contribution in [0.2, 0.25) is 0 Å². The molecular formula is C16H14O3. The average molecular weight is 254 g/mol. The molecule has 0 radical (unpaired) electrons. The predicted molar refractivity (Wildman–Crippen MR) is 72.0 cm³/mol. The highest BCUT2D eigenvalue weighted by molar-refractivity contribution is 5.99. The normalized spacial score (nSPS) is 16.3. The van der Waals surface area contributed by atoms with Crippen molar-refractivity contribution in [3.63, 3.8) is 0 Å². The van der Waals surface area contributed by atoms with Crippen molar-refractivity contribution >= 4 is 5.78 Å². The Labute approximate surface area is 111 Å². The fraction of sp³-hybridized carbons (Fsp3) is 0.188. The number of carbonyl (C=O) groups is 1. The fourth-order valence-corrected chi connectivity index (χ4v) is 2.76. The van der Waals surface area contributed by atoms with Crippen LogP contribution >= 0.6 is 0 Å². The summed E-state index contributed by atoms with van der Waals surface area (Å²) in [6, 6.07) is 13.5. The molecule has 2 aromatic carbocycles. The molecule has 2 N–H and O–H groups in total. The first-order valence-corrected chi connectivity index (χ1v) is 6.23. The topological polar surface area (TPSA) is 57.5 Å². The van der Waals surface area contributed by atoms with Gasteiger partial charge in [-0.15, -0.1) is 0 Å². The zero-order chi connectivity index (χ0) is 13.6. The number of ketones is 1. The van der Waals surface area contributed by atoms with Gasteiger partial charge in [0.1, 0.15) is 0 Å². The second-order valence-electron chi connectivity index (χ2n) is 4.85. The number of fused-ring (bicyclic) bond motifs is 3. The van der Waals surface area contributed by atoms with Crippen molar-refractivity contribution in [2.75, 3.05) is 0 Å². The third-order valence-corrected chi connectivity index (χ3v) is 3.75. The van der Waals surface area contributed by atoms with Crippen LogP contribution in [0.4, 0.5) is 0 Å². The third kappa shape index (κ3) is 1.79. The Hall–Kier alpha value is -1.97. The second kappa shape index (κ2) is 4.30. The summed E-state index contributed by atoms with van der Waals surface area (Å²) < 4.78 is 0. The van der Waals surface area contributed by atoms with Gasteiger partial charge in [0.05, 0.1) is 0 Å². The molecular weight excluding hydrogens is 240 g/mol. The predicted octanol–water partition coefficient (Wildman–Crippen LogP) is 2.31. The van der Waals surface area contributed by atoms with E-state index in [4.69, 9.17) is 10.2 Å². The minimum atomic E-state index is -1.95. The fourth-order valence-electron chi connectivity index (χ4n) is 2.76. The monoisotopic (exact) mass is 254 g/mol. The number of rotatable bonds is 2. The highest BCUT2D eigenvalue weighted by Crippen LogP contribution is 2.44. The lowest BCUT2D eigenvalue weighted by Crippen LogP contribution is -2.19. The van der Waals surface area contributed by atoms with E-state index in [2.05, 4.69) is 19.1 Å². The Morgan fingerprint density at radius 2 is 1.74 bits per heavy atom. The Kier molecular flexibility index (Phi) is 2.73. The molecule has 0 bridgehead atoms. The minimum absolute atomic E-state index is 0.217.